The number of carbonyl (C=O) groups is 4. The number of carbonyl (C=O) groups excluding carboxylic acids is 4. The van der Waals surface area contributed by atoms with Gasteiger partial charge < -0.3 is 29.0 Å². The van der Waals surface area contributed by atoms with Crippen LogP contribution in [0.1, 0.15) is 31.2 Å². The number of amides is 1. The maximum atomic E-state index is 12.7. The second-order valence-electron chi connectivity index (χ2n) is 8.32. The first-order valence-corrected chi connectivity index (χ1v) is 11.4. The Morgan fingerprint density at radius 2 is 1.68 bits per heavy atom. The zero-order valence-corrected chi connectivity index (χ0v) is 21.0. The van der Waals surface area contributed by atoms with E-state index in [1.54, 1.807) is 30.3 Å². The van der Waals surface area contributed by atoms with Crippen LogP contribution in [-0.4, -0.2) is 65.0 Å². The Labute approximate surface area is 215 Å². The number of aromatic amines is 1. The number of alkyl carbamates (subject to hydrolysis) is 1. The van der Waals surface area contributed by atoms with E-state index in [2.05, 4.69) is 10.3 Å². The Bertz CT molecular complexity index is 1300. The van der Waals surface area contributed by atoms with Gasteiger partial charge in [0.05, 0.1) is 7.11 Å². The molecule has 14 nitrogen and oxygen atoms in total. The highest BCUT2D eigenvalue weighted by Crippen LogP contribution is 2.35. The van der Waals surface area contributed by atoms with E-state index >= 15 is 0 Å². The van der Waals surface area contributed by atoms with Gasteiger partial charge in [0, 0.05) is 25.6 Å². The molecular formula is C24H27N3O11. The predicted octanol–water partition coefficient (Wildman–Crippen LogP) is 0.0738. The fourth-order valence-electron chi connectivity index (χ4n) is 3.87. The Morgan fingerprint density at radius 1 is 1.05 bits per heavy atom. The Kier molecular flexibility index (Phi) is 9.02. The van der Waals surface area contributed by atoms with E-state index in [0.717, 1.165) is 31.7 Å². The molecule has 1 fully saturated rings. The summed E-state index contributed by atoms with van der Waals surface area (Å²) in [7, 11) is 1.05. The topological polar surface area (TPSA) is 181 Å². The number of nitrogens with zero attached hydrogens (tertiary/aromatic N) is 1. The molecule has 1 aromatic carbocycles. The van der Waals surface area contributed by atoms with E-state index in [1.165, 1.54) is 6.92 Å². The molecule has 14 heteroatoms. The van der Waals surface area contributed by atoms with Crippen LogP contribution >= 0.6 is 0 Å². The van der Waals surface area contributed by atoms with Gasteiger partial charge in [-0.25, -0.2) is 14.4 Å². The lowest BCUT2D eigenvalue weighted by Gasteiger charge is -2.27. The molecule has 0 radical (unpaired) electrons. The monoisotopic (exact) mass is 533 g/mol. The van der Waals surface area contributed by atoms with Gasteiger partial charge in [0.25, 0.3) is 5.56 Å². The molecule has 2 aromatic rings. The number of rotatable bonds is 8. The fourth-order valence-corrected chi connectivity index (χ4v) is 3.87. The number of hydrogen-bond donors (Lipinski definition) is 2. The molecule has 0 saturated carbocycles. The number of nitrogens with one attached hydrogen (secondary N) is 2. The number of ether oxygens (including phenoxy) is 5. The van der Waals surface area contributed by atoms with Crippen LogP contribution in [0.4, 0.5) is 4.79 Å². The van der Waals surface area contributed by atoms with Crippen LogP contribution in [0, 0.1) is 6.92 Å². The molecule has 0 aliphatic carbocycles. The lowest BCUT2D eigenvalue weighted by atomic mass is 10.0. The highest BCUT2D eigenvalue weighted by Gasteiger charge is 2.55. The largest absolute Gasteiger partial charge is 0.467 e. The first kappa shape index (κ1) is 28.1. The summed E-state index contributed by atoms with van der Waals surface area (Å²) in [6.45, 7) is 3.45. The molecule has 38 heavy (non-hydrogen) atoms. The van der Waals surface area contributed by atoms with E-state index in [-0.39, 0.29) is 12.2 Å². The van der Waals surface area contributed by atoms with Gasteiger partial charge >= 0.3 is 29.7 Å². The van der Waals surface area contributed by atoms with Crippen molar-refractivity contribution in [1.29, 1.82) is 0 Å². The lowest BCUT2D eigenvalue weighted by Crippen LogP contribution is -2.54. The summed E-state index contributed by atoms with van der Waals surface area (Å²) >= 11 is 0. The van der Waals surface area contributed by atoms with Crippen LogP contribution < -0.4 is 16.6 Å². The molecule has 0 bridgehead atoms. The third kappa shape index (κ3) is 6.64. The molecule has 204 valence electrons. The van der Waals surface area contributed by atoms with Crippen LogP contribution in [0.25, 0.3) is 0 Å². The van der Waals surface area contributed by atoms with Crippen molar-refractivity contribution in [3.63, 3.8) is 0 Å². The van der Waals surface area contributed by atoms with Crippen LogP contribution in [0.15, 0.2) is 46.1 Å². The van der Waals surface area contributed by atoms with Gasteiger partial charge in [-0.15, -0.1) is 0 Å². The summed E-state index contributed by atoms with van der Waals surface area (Å²) in [6.07, 6.45) is -5.80. The van der Waals surface area contributed by atoms with Gasteiger partial charge in [-0.05, 0) is 12.5 Å². The quantitative estimate of drug-likeness (QED) is 0.346. The third-order valence-electron chi connectivity index (χ3n) is 5.52. The minimum atomic E-state index is -1.63. The zero-order valence-electron chi connectivity index (χ0n) is 21.0. The summed E-state index contributed by atoms with van der Waals surface area (Å²) in [5, 5.41) is 2.33. The van der Waals surface area contributed by atoms with E-state index in [9.17, 15) is 28.8 Å². The van der Waals surface area contributed by atoms with Crippen molar-refractivity contribution < 1.29 is 42.9 Å². The zero-order chi connectivity index (χ0) is 28.0. The molecule has 3 rings (SSSR count). The van der Waals surface area contributed by atoms with E-state index in [1.807, 2.05) is 0 Å². The number of methoxy groups -OCH3 is 1. The molecule has 0 spiro atoms. The maximum Gasteiger partial charge on any atom is 0.408 e. The maximum absolute atomic E-state index is 12.7. The summed E-state index contributed by atoms with van der Waals surface area (Å²) in [5.74, 6) is -2.65. The minimum Gasteiger partial charge on any atom is -0.467 e. The average molecular weight is 533 g/mol. The van der Waals surface area contributed by atoms with Gasteiger partial charge in [-0.1, -0.05) is 30.3 Å². The van der Waals surface area contributed by atoms with Crippen molar-refractivity contribution in [2.24, 2.45) is 0 Å². The fraction of sp³-hybridized carbons (Fsp3) is 0.417. The molecule has 1 amide bonds. The summed E-state index contributed by atoms with van der Waals surface area (Å²) in [6, 6.07) is 7.10. The number of aryl methyl sites for hydroxylation is 1. The Morgan fingerprint density at radius 3 is 2.29 bits per heavy atom. The Balaban J connectivity index is 1.98. The highest BCUT2D eigenvalue weighted by molar-refractivity contribution is 5.82. The smallest absolute Gasteiger partial charge is 0.408 e. The van der Waals surface area contributed by atoms with E-state index in [0.29, 0.717) is 5.56 Å². The van der Waals surface area contributed by atoms with Gasteiger partial charge in [0.15, 0.2) is 24.5 Å². The summed E-state index contributed by atoms with van der Waals surface area (Å²) in [4.78, 5) is 75.8. The van der Waals surface area contributed by atoms with Crippen molar-refractivity contribution in [1.82, 2.24) is 14.9 Å². The Hall–Kier alpha value is -4.46. The van der Waals surface area contributed by atoms with Crippen molar-refractivity contribution in [3.05, 3.63) is 68.5 Å². The predicted molar refractivity (Wildman–Crippen MR) is 127 cm³/mol. The highest BCUT2D eigenvalue weighted by atomic mass is 16.6. The summed E-state index contributed by atoms with van der Waals surface area (Å²) in [5.41, 5.74) is -0.782. The molecule has 0 unspecified atom stereocenters. The van der Waals surface area contributed by atoms with Crippen molar-refractivity contribution in [2.75, 3.05) is 7.11 Å². The van der Waals surface area contributed by atoms with Gasteiger partial charge in [0.2, 0.25) is 0 Å². The lowest BCUT2D eigenvalue weighted by molar-refractivity contribution is -0.166. The molecule has 1 aliphatic rings. The van der Waals surface area contributed by atoms with Gasteiger partial charge in [-0.3, -0.25) is 23.9 Å². The second-order valence-corrected chi connectivity index (χ2v) is 8.32. The van der Waals surface area contributed by atoms with Crippen LogP contribution in [0.5, 0.6) is 0 Å². The van der Waals surface area contributed by atoms with E-state index in [4.69, 9.17) is 23.7 Å². The normalized spacial score (nSPS) is 21.2. The van der Waals surface area contributed by atoms with Crippen molar-refractivity contribution in [3.8, 4) is 0 Å². The third-order valence-corrected chi connectivity index (χ3v) is 5.52. The molecule has 2 heterocycles. The average Bonchev–Trinajstić information content (AvgIpc) is 3.19. The first-order valence-electron chi connectivity index (χ1n) is 11.4. The van der Waals surface area contributed by atoms with Gasteiger partial charge in [-0.2, -0.15) is 0 Å². The number of H-pyrrole nitrogens is 1. The second kappa shape index (κ2) is 12.2. The molecular weight excluding hydrogens is 506 g/mol. The molecule has 1 aliphatic heterocycles. The van der Waals surface area contributed by atoms with Crippen LogP contribution in [-0.2, 0) is 44.7 Å². The van der Waals surface area contributed by atoms with Crippen molar-refractivity contribution in [2.45, 2.75) is 58.0 Å². The number of aromatic nitrogens is 2. The number of esters is 3. The standard InChI is InChI=1S/C24H27N3O11/c1-12-10-27(23(32)26-20(12)30)21-19(37-14(3)29)18(36-13(2)28)17(38-21)16(22(31)34-4)25-24(33)35-11-15-8-6-5-7-9-15/h5-10,16-19,21H,11H2,1-4H3,(H,25,33)(H,26,30,32)/t16-,17+,18+,19+,21+/m0/s1. The van der Waals surface area contributed by atoms with Crippen LogP contribution in [0.2, 0.25) is 0 Å². The molecule has 1 aromatic heterocycles. The van der Waals surface area contributed by atoms with Gasteiger partial charge in [0.1, 0.15) is 12.7 Å². The molecule has 5 atom stereocenters. The molecule has 1 saturated heterocycles. The van der Waals surface area contributed by atoms with Crippen molar-refractivity contribution >= 4 is 24.0 Å². The number of benzene rings is 1. The molecule has 2 N–H and O–H groups in total. The van der Waals surface area contributed by atoms with E-state index < -0.39 is 65.8 Å². The SMILES string of the molecule is COC(=O)[C@@H](NC(=O)OCc1ccccc1)[C@H]1O[C@@H](n2cc(C)c(=O)[nH]c2=O)[C@H](OC(C)=O)[C@@H]1OC(C)=O. The van der Waals surface area contributed by atoms with Crippen LogP contribution in [0.3, 0.4) is 0 Å². The minimum absolute atomic E-state index is 0.120. The first-order chi connectivity index (χ1) is 18.0. The summed E-state index contributed by atoms with van der Waals surface area (Å²) < 4.78 is 27.5. The number of hydrogen-bond acceptors (Lipinski definition) is 11.